The highest BCUT2D eigenvalue weighted by atomic mass is 16.3. The van der Waals surface area contributed by atoms with Gasteiger partial charge in [0.1, 0.15) is 0 Å². The van der Waals surface area contributed by atoms with Gasteiger partial charge >= 0.3 is 6.03 Å². The van der Waals surface area contributed by atoms with Crippen molar-refractivity contribution in [2.45, 2.75) is 12.8 Å². The van der Waals surface area contributed by atoms with Crippen molar-refractivity contribution in [1.29, 1.82) is 0 Å². The third-order valence-electron chi connectivity index (χ3n) is 4.59. The molecule has 3 heterocycles. The van der Waals surface area contributed by atoms with Gasteiger partial charge in [0, 0.05) is 37.1 Å². The number of aromatic nitrogens is 2. The zero-order chi connectivity index (χ0) is 17.9. The number of carbonyl (C=O) groups excluding carboxylic acids is 1. The van der Waals surface area contributed by atoms with Crippen LogP contribution in [0.2, 0.25) is 0 Å². The summed E-state index contributed by atoms with van der Waals surface area (Å²) in [5, 5.41) is 12.2. The van der Waals surface area contributed by atoms with Crippen molar-refractivity contribution in [2.75, 3.05) is 25.0 Å². The molecule has 2 N–H and O–H groups in total. The molecule has 2 amide bonds. The van der Waals surface area contributed by atoms with E-state index in [1.165, 1.54) is 0 Å². The predicted molar refractivity (Wildman–Crippen MR) is 97.6 cm³/mol. The van der Waals surface area contributed by atoms with Crippen molar-refractivity contribution in [3.8, 4) is 11.5 Å². The van der Waals surface area contributed by atoms with E-state index >= 15 is 0 Å². The lowest BCUT2D eigenvalue weighted by Gasteiger charge is -2.31. The smallest absolute Gasteiger partial charge is 0.321 e. The van der Waals surface area contributed by atoms with Crippen molar-refractivity contribution in [2.24, 2.45) is 5.92 Å². The predicted octanol–water partition coefficient (Wildman–Crippen LogP) is 3.13. The van der Waals surface area contributed by atoms with Gasteiger partial charge in [0.2, 0.25) is 5.89 Å². The van der Waals surface area contributed by atoms with Gasteiger partial charge in [0.15, 0.2) is 11.2 Å². The number of benzene rings is 1. The van der Waals surface area contributed by atoms with Gasteiger partial charge in [0.05, 0.1) is 0 Å². The minimum Gasteiger partial charge on any atom is -0.434 e. The first kappa shape index (κ1) is 16.5. The van der Waals surface area contributed by atoms with E-state index in [9.17, 15) is 9.90 Å². The molecule has 134 valence electrons. The van der Waals surface area contributed by atoms with Gasteiger partial charge in [0.25, 0.3) is 0 Å². The second-order valence-electron chi connectivity index (χ2n) is 6.49. The molecule has 7 nitrogen and oxygen atoms in total. The Morgan fingerprint density at radius 1 is 1.35 bits per heavy atom. The Hall–Kier alpha value is -2.93. The topological polar surface area (TPSA) is 91.5 Å². The number of fused-ring (bicyclic) bond motifs is 1. The zero-order valence-electron chi connectivity index (χ0n) is 14.3. The molecule has 0 saturated carbocycles. The second-order valence-corrected chi connectivity index (χ2v) is 6.49. The number of nitrogens with one attached hydrogen (secondary N) is 1. The van der Waals surface area contributed by atoms with Crippen LogP contribution in [0.1, 0.15) is 12.8 Å². The van der Waals surface area contributed by atoms with E-state index in [0.717, 1.165) is 18.4 Å². The summed E-state index contributed by atoms with van der Waals surface area (Å²) in [5.74, 6) is 0.626. The molecule has 1 aliphatic rings. The van der Waals surface area contributed by atoms with Crippen molar-refractivity contribution in [1.82, 2.24) is 14.9 Å². The third kappa shape index (κ3) is 3.39. The first-order valence-corrected chi connectivity index (χ1v) is 8.72. The van der Waals surface area contributed by atoms with Crippen LogP contribution in [0.5, 0.6) is 0 Å². The molecule has 7 heteroatoms. The van der Waals surface area contributed by atoms with Gasteiger partial charge in [-0.2, -0.15) is 4.98 Å². The fraction of sp³-hybridized carbons (Fsp3) is 0.316. The Balaban J connectivity index is 1.51. The standard InChI is InChI=1S/C19H20N4O3/c24-12-13-4-3-9-23(11-13)19(25)21-15-6-1-5-14(10-15)18-22-17-16(26-18)7-2-8-20-17/h1-2,5-8,10,13,24H,3-4,9,11-12H2,(H,21,25). The summed E-state index contributed by atoms with van der Waals surface area (Å²) in [5.41, 5.74) is 2.63. The molecule has 1 atom stereocenters. The van der Waals surface area contributed by atoms with Crippen LogP contribution in [0.3, 0.4) is 0 Å². The summed E-state index contributed by atoms with van der Waals surface area (Å²) in [4.78, 5) is 22.8. The van der Waals surface area contributed by atoms with E-state index in [1.807, 2.05) is 30.3 Å². The Kier molecular flexibility index (Phi) is 4.53. The van der Waals surface area contributed by atoms with Crippen LogP contribution < -0.4 is 5.32 Å². The second kappa shape index (κ2) is 7.13. The largest absolute Gasteiger partial charge is 0.434 e. The summed E-state index contributed by atoms with van der Waals surface area (Å²) in [6.45, 7) is 1.41. The molecule has 0 radical (unpaired) electrons. The molecule has 3 aromatic rings. The maximum Gasteiger partial charge on any atom is 0.321 e. The lowest BCUT2D eigenvalue weighted by atomic mass is 9.99. The van der Waals surface area contributed by atoms with E-state index in [-0.39, 0.29) is 18.6 Å². The van der Waals surface area contributed by atoms with Crippen molar-refractivity contribution in [3.05, 3.63) is 42.6 Å². The molecule has 26 heavy (non-hydrogen) atoms. The molecule has 1 aromatic carbocycles. The quantitative estimate of drug-likeness (QED) is 0.756. The van der Waals surface area contributed by atoms with E-state index in [0.29, 0.717) is 35.9 Å². The van der Waals surface area contributed by atoms with E-state index < -0.39 is 0 Å². The number of rotatable bonds is 3. The molecule has 1 unspecified atom stereocenters. The fourth-order valence-electron chi connectivity index (χ4n) is 3.22. The summed E-state index contributed by atoms with van der Waals surface area (Å²) in [7, 11) is 0. The Morgan fingerprint density at radius 2 is 2.27 bits per heavy atom. The van der Waals surface area contributed by atoms with E-state index in [4.69, 9.17) is 4.42 Å². The molecular formula is C19H20N4O3. The number of hydrogen-bond acceptors (Lipinski definition) is 5. The minimum absolute atomic E-state index is 0.116. The molecule has 2 aromatic heterocycles. The normalized spacial score (nSPS) is 17.4. The minimum atomic E-state index is -0.153. The van der Waals surface area contributed by atoms with Gasteiger partial charge in [-0.15, -0.1) is 0 Å². The number of carbonyl (C=O) groups is 1. The molecule has 0 aliphatic carbocycles. The highest BCUT2D eigenvalue weighted by molar-refractivity contribution is 5.90. The molecule has 1 saturated heterocycles. The number of pyridine rings is 1. The van der Waals surface area contributed by atoms with Gasteiger partial charge in [-0.3, -0.25) is 0 Å². The van der Waals surface area contributed by atoms with Crippen LogP contribution in [-0.4, -0.2) is 45.7 Å². The van der Waals surface area contributed by atoms with Gasteiger partial charge < -0.3 is 19.7 Å². The summed E-state index contributed by atoms with van der Waals surface area (Å²) >= 11 is 0. The Bertz CT molecular complexity index is 891. The number of urea groups is 1. The van der Waals surface area contributed by atoms with Gasteiger partial charge in [-0.1, -0.05) is 6.07 Å². The molecule has 0 spiro atoms. The molecule has 1 fully saturated rings. The number of aliphatic hydroxyl groups is 1. The van der Waals surface area contributed by atoms with Crippen LogP contribution in [0.4, 0.5) is 10.5 Å². The summed E-state index contributed by atoms with van der Waals surface area (Å²) < 4.78 is 5.73. The molecule has 4 rings (SSSR count). The number of piperidine rings is 1. The van der Waals surface area contributed by atoms with Gasteiger partial charge in [-0.25, -0.2) is 9.78 Å². The van der Waals surface area contributed by atoms with Gasteiger partial charge in [-0.05, 0) is 49.1 Å². The highest BCUT2D eigenvalue weighted by Crippen LogP contribution is 2.25. The van der Waals surface area contributed by atoms with Crippen LogP contribution in [0, 0.1) is 5.92 Å². The number of oxazole rings is 1. The first-order chi connectivity index (χ1) is 12.7. The lowest BCUT2D eigenvalue weighted by Crippen LogP contribution is -2.43. The third-order valence-corrected chi connectivity index (χ3v) is 4.59. The summed E-state index contributed by atoms with van der Waals surface area (Å²) in [6.07, 6.45) is 3.54. The fourth-order valence-corrected chi connectivity index (χ4v) is 3.22. The Labute approximate surface area is 150 Å². The number of anilines is 1. The van der Waals surface area contributed by atoms with Crippen molar-refractivity contribution in [3.63, 3.8) is 0 Å². The van der Waals surface area contributed by atoms with Crippen LogP contribution in [0.25, 0.3) is 22.7 Å². The monoisotopic (exact) mass is 352 g/mol. The number of aliphatic hydroxyl groups excluding tert-OH is 1. The molecule has 0 bridgehead atoms. The number of amides is 2. The maximum atomic E-state index is 12.5. The average Bonchev–Trinajstić information content (AvgIpc) is 3.12. The number of hydrogen-bond donors (Lipinski definition) is 2. The van der Waals surface area contributed by atoms with E-state index in [2.05, 4.69) is 15.3 Å². The van der Waals surface area contributed by atoms with Crippen molar-refractivity contribution < 1.29 is 14.3 Å². The maximum absolute atomic E-state index is 12.5. The first-order valence-electron chi connectivity index (χ1n) is 8.72. The zero-order valence-corrected chi connectivity index (χ0v) is 14.3. The van der Waals surface area contributed by atoms with Crippen LogP contribution in [-0.2, 0) is 0 Å². The molecular weight excluding hydrogens is 332 g/mol. The number of nitrogens with zero attached hydrogens (tertiary/aromatic N) is 3. The van der Waals surface area contributed by atoms with Crippen LogP contribution in [0.15, 0.2) is 47.0 Å². The highest BCUT2D eigenvalue weighted by Gasteiger charge is 2.23. The Morgan fingerprint density at radius 3 is 3.12 bits per heavy atom. The number of likely N-dealkylation sites (tertiary alicyclic amines) is 1. The lowest BCUT2D eigenvalue weighted by molar-refractivity contribution is 0.136. The SMILES string of the molecule is O=C(Nc1cccc(-c2nc3ncccc3o2)c1)N1CCCC(CO)C1. The molecule has 1 aliphatic heterocycles. The van der Waals surface area contributed by atoms with Crippen molar-refractivity contribution >= 4 is 22.9 Å². The summed E-state index contributed by atoms with van der Waals surface area (Å²) in [6, 6.07) is 10.8. The van der Waals surface area contributed by atoms with Crippen LogP contribution >= 0.6 is 0 Å². The average molecular weight is 352 g/mol. The van der Waals surface area contributed by atoms with E-state index in [1.54, 1.807) is 17.2 Å².